The van der Waals surface area contributed by atoms with Gasteiger partial charge in [0, 0.05) is 5.56 Å². The maximum atomic E-state index is 13.6. The fraction of sp³-hybridized carbons (Fsp3) is 0.294. The topological polar surface area (TPSA) is 54.4 Å². The highest BCUT2D eigenvalue weighted by Crippen LogP contribution is 2.20. The Morgan fingerprint density at radius 3 is 2.27 bits per heavy atom. The zero-order valence-corrected chi connectivity index (χ0v) is 13.4. The Hall–Kier alpha value is -1.72. The normalized spacial score (nSPS) is 13.1. The second-order valence-electron chi connectivity index (χ2n) is 5.59. The van der Waals surface area contributed by atoms with Crippen molar-refractivity contribution in [1.82, 2.24) is 0 Å². The number of aliphatic hydroxyl groups is 1. The SMILES string of the molecule is Cc1cc(C)cc(CS(=O)(=O)CC(O)c2ccccc2F)c1. The van der Waals surface area contributed by atoms with Gasteiger partial charge in [-0.25, -0.2) is 12.8 Å². The van der Waals surface area contributed by atoms with E-state index in [2.05, 4.69) is 0 Å². The highest BCUT2D eigenvalue weighted by molar-refractivity contribution is 7.90. The predicted molar refractivity (Wildman–Crippen MR) is 84.8 cm³/mol. The van der Waals surface area contributed by atoms with Crippen LogP contribution in [0.25, 0.3) is 0 Å². The van der Waals surface area contributed by atoms with Gasteiger partial charge >= 0.3 is 0 Å². The van der Waals surface area contributed by atoms with Crippen LogP contribution in [0.3, 0.4) is 0 Å². The molecule has 0 aliphatic heterocycles. The summed E-state index contributed by atoms with van der Waals surface area (Å²) < 4.78 is 38.1. The minimum Gasteiger partial charge on any atom is -0.387 e. The summed E-state index contributed by atoms with van der Waals surface area (Å²) in [7, 11) is -3.55. The van der Waals surface area contributed by atoms with E-state index in [1.807, 2.05) is 19.9 Å². The predicted octanol–water partition coefficient (Wildman–Crippen LogP) is 3.09. The molecule has 22 heavy (non-hydrogen) atoms. The van der Waals surface area contributed by atoms with Gasteiger partial charge in [-0.1, -0.05) is 47.5 Å². The highest BCUT2D eigenvalue weighted by Gasteiger charge is 2.21. The molecule has 0 radical (unpaired) electrons. The van der Waals surface area contributed by atoms with Gasteiger partial charge in [0.2, 0.25) is 0 Å². The summed E-state index contributed by atoms with van der Waals surface area (Å²) in [4.78, 5) is 0. The Labute approximate surface area is 130 Å². The van der Waals surface area contributed by atoms with Crippen molar-refractivity contribution < 1.29 is 17.9 Å². The molecule has 1 unspecified atom stereocenters. The summed E-state index contributed by atoms with van der Waals surface area (Å²) in [6.07, 6.45) is -1.36. The van der Waals surface area contributed by atoms with E-state index >= 15 is 0 Å². The van der Waals surface area contributed by atoms with E-state index in [0.29, 0.717) is 5.56 Å². The minimum atomic E-state index is -3.55. The largest absolute Gasteiger partial charge is 0.387 e. The lowest BCUT2D eigenvalue weighted by Crippen LogP contribution is -2.17. The second kappa shape index (κ2) is 6.58. The average Bonchev–Trinajstić information content (AvgIpc) is 2.36. The third-order valence-corrected chi connectivity index (χ3v) is 4.94. The monoisotopic (exact) mass is 322 g/mol. The molecule has 0 heterocycles. The fourth-order valence-corrected chi connectivity index (χ4v) is 3.99. The molecule has 2 aromatic carbocycles. The van der Waals surface area contributed by atoms with Crippen molar-refractivity contribution in [2.75, 3.05) is 5.75 Å². The number of aliphatic hydroxyl groups excluding tert-OH is 1. The quantitative estimate of drug-likeness (QED) is 0.920. The summed E-state index contributed by atoms with van der Waals surface area (Å²) in [5.41, 5.74) is 2.66. The number of sulfone groups is 1. The highest BCUT2D eigenvalue weighted by atomic mass is 32.2. The van der Waals surface area contributed by atoms with Crippen LogP contribution in [0.1, 0.15) is 28.4 Å². The van der Waals surface area contributed by atoms with E-state index in [1.165, 1.54) is 18.2 Å². The van der Waals surface area contributed by atoms with Crippen molar-refractivity contribution in [1.29, 1.82) is 0 Å². The van der Waals surface area contributed by atoms with Gasteiger partial charge in [0.05, 0.1) is 17.6 Å². The van der Waals surface area contributed by atoms with E-state index in [4.69, 9.17) is 0 Å². The first kappa shape index (κ1) is 16.6. The summed E-state index contributed by atoms with van der Waals surface area (Å²) in [6, 6.07) is 11.2. The Kier molecular flexibility index (Phi) is 4.98. The van der Waals surface area contributed by atoms with Crippen LogP contribution in [0.5, 0.6) is 0 Å². The standard InChI is InChI=1S/C17H19FO3S/c1-12-7-13(2)9-14(8-12)10-22(20,21)11-17(19)15-5-3-4-6-16(15)18/h3-9,17,19H,10-11H2,1-2H3. The van der Waals surface area contributed by atoms with Gasteiger partial charge in [-0.15, -0.1) is 0 Å². The molecule has 1 atom stereocenters. The summed E-state index contributed by atoms with van der Waals surface area (Å²) in [6.45, 7) is 3.80. The number of aryl methyl sites for hydroxylation is 2. The molecular formula is C17H19FO3S. The molecule has 5 heteroatoms. The number of halogens is 1. The molecule has 118 valence electrons. The molecular weight excluding hydrogens is 303 g/mol. The molecule has 0 fully saturated rings. The number of hydrogen-bond acceptors (Lipinski definition) is 3. The maximum absolute atomic E-state index is 13.6. The lowest BCUT2D eigenvalue weighted by molar-refractivity contribution is 0.196. The molecule has 2 rings (SSSR count). The van der Waals surface area contributed by atoms with Crippen LogP contribution in [0.15, 0.2) is 42.5 Å². The Morgan fingerprint density at radius 2 is 1.68 bits per heavy atom. The van der Waals surface area contributed by atoms with Crippen molar-refractivity contribution in [2.24, 2.45) is 0 Å². The zero-order valence-electron chi connectivity index (χ0n) is 12.6. The van der Waals surface area contributed by atoms with Gasteiger partial charge in [-0.05, 0) is 25.5 Å². The van der Waals surface area contributed by atoms with E-state index < -0.39 is 27.5 Å². The van der Waals surface area contributed by atoms with Crippen LogP contribution >= 0.6 is 0 Å². The van der Waals surface area contributed by atoms with Crippen LogP contribution in [-0.4, -0.2) is 19.3 Å². The van der Waals surface area contributed by atoms with E-state index in [9.17, 15) is 17.9 Å². The third-order valence-electron chi connectivity index (χ3n) is 3.34. The van der Waals surface area contributed by atoms with Crippen LogP contribution in [0, 0.1) is 19.7 Å². The van der Waals surface area contributed by atoms with Gasteiger partial charge in [-0.2, -0.15) is 0 Å². The molecule has 0 spiro atoms. The molecule has 0 amide bonds. The van der Waals surface area contributed by atoms with E-state index in [0.717, 1.165) is 11.1 Å². The number of rotatable bonds is 5. The smallest absolute Gasteiger partial charge is 0.157 e. The molecule has 1 N–H and O–H groups in total. The summed E-state index contributed by atoms with van der Waals surface area (Å²) in [5, 5.41) is 10.0. The molecule has 0 bridgehead atoms. The van der Waals surface area contributed by atoms with Gasteiger partial charge in [0.25, 0.3) is 0 Å². The van der Waals surface area contributed by atoms with Crippen molar-refractivity contribution in [3.8, 4) is 0 Å². The Morgan fingerprint density at radius 1 is 1.09 bits per heavy atom. The average molecular weight is 322 g/mol. The van der Waals surface area contributed by atoms with Crippen LogP contribution in [0.4, 0.5) is 4.39 Å². The molecule has 3 nitrogen and oxygen atoms in total. The molecule has 2 aromatic rings. The number of hydrogen-bond donors (Lipinski definition) is 1. The lowest BCUT2D eigenvalue weighted by atomic mass is 10.1. The Bertz CT molecular complexity index is 749. The fourth-order valence-electron chi connectivity index (χ4n) is 2.54. The van der Waals surface area contributed by atoms with Crippen molar-refractivity contribution >= 4 is 9.84 Å². The van der Waals surface area contributed by atoms with Crippen molar-refractivity contribution in [3.05, 3.63) is 70.5 Å². The first-order chi connectivity index (χ1) is 10.3. The number of benzene rings is 2. The van der Waals surface area contributed by atoms with Gasteiger partial charge in [0.1, 0.15) is 5.82 Å². The molecule has 0 aliphatic rings. The zero-order chi connectivity index (χ0) is 16.3. The second-order valence-corrected chi connectivity index (χ2v) is 7.70. The minimum absolute atomic E-state index is 0.00602. The molecule has 0 aliphatic carbocycles. The van der Waals surface area contributed by atoms with E-state index in [-0.39, 0.29) is 11.3 Å². The van der Waals surface area contributed by atoms with Gasteiger partial charge < -0.3 is 5.11 Å². The first-order valence-electron chi connectivity index (χ1n) is 6.97. The Balaban J connectivity index is 2.16. The summed E-state index contributed by atoms with van der Waals surface area (Å²) in [5.74, 6) is -1.27. The first-order valence-corrected chi connectivity index (χ1v) is 8.79. The van der Waals surface area contributed by atoms with Crippen LogP contribution in [0.2, 0.25) is 0 Å². The van der Waals surface area contributed by atoms with Crippen LogP contribution in [-0.2, 0) is 15.6 Å². The molecule has 0 saturated heterocycles. The molecule has 0 aromatic heterocycles. The van der Waals surface area contributed by atoms with E-state index in [1.54, 1.807) is 18.2 Å². The lowest BCUT2D eigenvalue weighted by Gasteiger charge is -2.13. The van der Waals surface area contributed by atoms with Gasteiger partial charge in [-0.3, -0.25) is 0 Å². The van der Waals surface area contributed by atoms with Gasteiger partial charge in [0.15, 0.2) is 9.84 Å². The van der Waals surface area contributed by atoms with Crippen molar-refractivity contribution in [3.63, 3.8) is 0 Å². The maximum Gasteiger partial charge on any atom is 0.157 e. The summed E-state index contributed by atoms with van der Waals surface area (Å²) >= 11 is 0. The van der Waals surface area contributed by atoms with Crippen LogP contribution < -0.4 is 0 Å². The van der Waals surface area contributed by atoms with Crippen molar-refractivity contribution in [2.45, 2.75) is 25.7 Å². The third kappa shape index (κ3) is 4.39. The molecule has 0 saturated carbocycles.